The zero-order chi connectivity index (χ0) is 19.9. The Morgan fingerprint density at radius 1 is 0.893 bits per heavy atom. The molecule has 0 saturated heterocycles. The Balaban J connectivity index is 1.73. The summed E-state index contributed by atoms with van der Waals surface area (Å²) >= 11 is 3.62. The molecule has 0 spiro atoms. The van der Waals surface area contributed by atoms with Crippen molar-refractivity contribution in [3.05, 3.63) is 93.2 Å². The van der Waals surface area contributed by atoms with Crippen molar-refractivity contribution < 1.29 is 13.9 Å². The molecule has 3 nitrogen and oxygen atoms in total. The maximum atomic E-state index is 13.1. The van der Waals surface area contributed by atoms with Crippen molar-refractivity contribution >= 4 is 15.9 Å². The van der Waals surface area contributed by atoms with Gasteiger partial charge in [0, 0.05) is 23.1 Å². The summed E-state index contributed by atoms with van der Waals surface area (Å²) in [6.07, 6.45) is 0. The van der Waals surface area contributed by atoms with Crippen molar-refractivity contribution in [3.63, 3.8) is 0 Å². The van der Waals surface area contributed by atoms with Gasteiger partial charge in [-0.05, 0) is 42.3 Å². The van der Waals surface area contributed by atoms with E-state index < -0.39 is 0 Å². The van der Waals surface area contributed by atoms with Gasteiger partial charge in [-0.25, -0.2) is 4.39 Å². The molecule has 0 amide bonds. The molecule has 0 aliphatic heterocycles. The van der Waals surface area contributed by atoms with Crippen LogP contribution in [-0.2, 0) is 19.7 Å². The Hall–Kier alpha value is -2.37. The van der Waals surface area contributed by atoms with E-state index in [2.05, 4.69) is 52.4 Å². The zero-order valence-electron chi connectivity index (χ0n) is 16.0. The first-order valence-electron chi connectivity index (χ1n) is 9.05. The lowest BCUT2D eigenvalue weighted by Gasteiger charge is -2.17. The highest BCUT2D eigenvalue weighted by atomic mass is 79.9. The van der Waals surface area contributed by atoms with Crippen molar-refractivity contribution in [3.8, 4) is 11.5 Å². The zero-order valence-corrected chi connectivity index (χ0v) is 17.6. The van der Waals surface area contributed by atoms with Crippen molar-refractivity contribution in [2.24, 2.45) is 0 Å². The van der Waals surface area contributed by atoms with E-state index in [0.29, 0.717) is 31.2 Å². The lowest BCUT2D eigenvalue weighted by Crippen LogP contribution is -2.14. The van der Waals surface area contributed by atoms with Crippen molar-refractivity contribution in [2.75, 3.05) is 7.11 Å². The summed E-state index contributed by atoms with van der Waals surface area (Å²) in [6, 6.07) is 18.6. The fraction of sp³-hybridized carbons (Fsp3) is 0.217. The SMILES string of the molecule is COc1ccc(Br)c(CNCc2ccc(F)cc2)c1OCc1ccc(C)cc1. The van der Waals surface area contributed by atoms with E-state index in [1.165, 1.54) is 17.7 Å². The van der Waals surface area contributed by atoms with Crippen LogP contribution in [0, 0.1) is 12.7 Å². The van der Waals surface area contributed by atoms with Crippen molar-refractivity contribution in [2.45, 2.75) is 26.6 Å². The summed E-state index contributed by atoms with van der Waals surface area (Å²) in [7, 11) is 1.64. The molecule has 3 rings (SSSR count). The van der Waals surface area contributed by atoms with Crippen LogP contribution in [0.4, 0.5) is 4.39 Å². The third-order valence-corrected chi connectivity index (χ3v) is 5.18. The molecule has 0 aromatic heterocycles. The van der Waals surface area contributed by atoms with Gasteiger partial charge < -0.3 is 14.8 Å². The maximum absolute atomic E-state index is 13.1. The van der Waals surface area contributed by atoms with E-state index in [-0.39, 0.29) is 5.82 Å². The van der Waals surface area contributed by atoms with Gasteiger partial charge in [0.05, 0.1) is 7.11 Å². The van der Waals surface area contributed by atoms with Gasteiger partial charge in [-0.15, -0.1) is 0 Å². The van der Waals surface area contributed by atoms with Crippen LogP contribution >= 0.6 is 15.9 Å². The molecule has 5 heteroatoms. The number of rotatable bonds is 8. The maximum Gasteiger partial charge on any atom is 0.167 e. The molecule has 0 heterocycles. The monoisotopic (exact) mass is 443 g/mol. The molecule has 28 heavy (non-hydrogen) atoms. The van der Waals surface area contributed by atoms with Crippen LogP contribution in [0.1, 0.15) is 22.3 Å². The number of hydrogen-bond donors (Lipinski definition) is 1. The van der Waals surface area contributed by atoms with Gasteiger partial charge in [-0.3, -0.25) is 0 Å². The minimum Gasteiger partial charge on any atom is -0.493 e. The van der Waals surface area contributed by atoms with Gasteiger partial charge in [0.1, 0.15) is 12.4 Å². The molecule has 0 aliphatic carbocycles. The quantitative estimate of drug-likeness (QED) is 0.478. The Morgan fingerprint density at radius 2 is 1.57 bits per heavy atom. The number of halogens is 2. The van der Waals surface area contributed by atoms with Crippen LogP contribution in [0.25, 0.3) is 0 Å². The lowest BCUT2D eigenvalue weighted by molar-refractivity contribution is 0.280. The molecule has 0 saturated carbocycles. The molecule has 0 atom stereocenters. The Labute approximate surface area is 173 Å². The summed E-state index contributed by atoms with van der Waals surface area (Å²) in [5.74, 6) is 1.17. The summed E-state index contributed by atoms with van der Waals surface area (Å²) in [6.45, 7) is 3.73. The number of ether oxygens (including phenoxy) is 2. The Morgan fingerprint density at radius 3 is 2.25 bits per heavy atom. The normalized spacial score (nSPS) is 10.7. The highest BCUT2D eigenvalue weighted by Crippen LogP contribution is 2.36. The van der Waals surface area contributed by atoms with E-state index in [1.54, 1.807) is 19.2 Å². The van der Waals surface area contributed by atoms with Crippen LogP contribution in [0.3, 0.4) is 0 Å². The van der Waals surface area contributed by atoms with Gasteiger partial charge in [0.2, 0.25) is 0 Å². The molecule has 0 radical (unpaired) electrons. The second kappa shape index (κ2) is 9.71. The van der Waals surface area contributed by atoms with Gasteiger partial charge in [-0.2, -0.15) is 0 Å². The summed E-state index contributed by atoms with van der Waals surface area (Å²) in [5, 5.41) is 3.39. The topological polar surface area (TPSA) is 30.5 Å². The third-order valence-electron chi connectivity index (χ3n) is 4.44. The van der Waals surface area contributed by atoms with Crippen LogP contribution in [0.15, 0.2) is 65.1 Å². The van der Waals surface area contributed by atoms with Gasteiger partial charge in [0.15, 0.2) is 11.5 Å². The first-order chi connectivity index (χ1) is 13.6. The minimum atomic E-state index is -0.230. The molecule has 146 valence electrons. The van der Waals surface area contributed by atoms with Gasteiger partial charge in [-0.1, -0.05) is 57.9 Å². The Bertz CT molecular complexity index is 911. The fourth-order valence-electron chi connectivity index (χ4n) is 2.84. The molecule has 3 aromatic carbocycles. The predicted molar refractivity (Wildman–Crippen MR) is 113 cm³/mol. The van der Waals surface area contributed by atoms with Gasteiger partial charge >= 0.3 is 0 Å². The summed E-state index contributed by atoms with van der Waals surface area (Å²) in [5.41, 5.74) is 4.31. The molecule has 3 aromatic rings. The highest BCUT2D eigenvalue weighted by Gasteiger charge is 2.15. The summed E-state index contributed by atoms with van der Waals surface area (Å²) < 4.78 is 25.6. The van der Waals surface area contributed by atoms with Crippen LogP contribution in [0.5, 0.6) is 11.5 Å². The fourth-order valence-corrected chi connectivity index (χ4v) is 3.29. The van der Waals surface area contributed by atoms with E-state index in [0.717, 1.165) is 21.2 Å². The van der Waals surface area contributed by atoms with Crippen LogP contribution in [0.2, 0.25) is 0 Å². The molecule has 1 N–H and O–H groups in total. The molecule has 0 bridgehead atoms. The Kier molecular flexibility index (Phi) is 7.06. The third kappa shape index (κ3) is 5.33. The first-order valence-corrected chi connectivity index (χ1v) is 9.85. The molecule has 0 unspecified atom stereocenters. The number of hydrogen-bond acceptors (Lipinski definition) is 3. The van der Waals surface area contributed by atoms with Crippen LogP contribution in [-0.4, -0.2) is 7.11 Å². The standard InChI is InChI=1S/C23H23BrFNO2/c1-16-3-5-18(6-4-16)15-28-23-20(21(24)11-12-22(23)27-2)14-26-13-17-7-9-19(25)10-8-17/h3-12,26H,13-15H2,1-2H3. The largest absolute Gasteiger partial charge is 0.493 e. The van der Waals surface area contributed by atoms with Crippen molar-refractivity contribution in [1.82, 2.24) is 5.32 Å². The van der Waals surface area contributed by atoms with Crippen molar-refractivity contribution in [1.29, 1.82) is 0 Å². The molecule has 0 aliphatic rings. The number of benzene rings is 3. The molecular weight excluding hydrogens is 421 g/mol. The van der Waals surface area contributed by atoms with E-state index in [1.807, 2.05) is 12.1 Å². The van der Waals surface area contributed by atoms with E-state index in [4.69, 9.17) is 9.47 Å². The lowest BCUT2D eigenvalue weighted by atomic mass is 10.1. The second-order valence-corrected chi connectivity index (χ2v) is 7.42. The average Bonchev–Trinajstić information content (AvgIpc) is 2.70. The van der Waals surface area contributed by atoms with Crippen LogP contribution < -0.4 is 14.8 Å². The number of aryl methyl sites for hydroxylation is 1. The van der Waals surface area contributed by atoms with E-state index >= 15 is 0 Å². The average molecular weight is 444 g/mol. The van der Waals surface area contributed by atoms with E-state index in [9.17, 15) is 4.39 Å². The predicted octanol–water partition coefficient (Wildman–Crippen LogP) is 5.77. The highest BCUT2D eigenvalue weighted by molar-refractivity contribution is 9.10. The van der Waals surface area contributed by atoms with Gasteiger partial charge in [0.25, 0.3) is 0 Å². The number of nitrogens with one attached hydrogen (secondary N) is 1. The second-order valence-electron chi connectivity index (χ2n) is 6.56. The molecule has 0 fully saturated rings. The summed E-state index contributed by atoms with van der Waals surface area (Å²) in [4.78, 5) is 0. The molecular formula is C23H23BrFNO2. The number of methoxy groups -OCH3 is 1. The first kappa shape index (κ1) is 20.4. The smallest absolute Gasteiger partial charge is 0.167 e. The minimum absolute atomic E-state index is 0.230.